The summed E-state index contributed by atoms with van der Waals surface area (Å²) in [7, 11) is 3.08. The quantitative estimate of drug-likeness (QED) is 0.421. The first-order chi connectivity index (χ1) is 16.6. The Morgan fingerprint density at radius 1 is 0.941 bits per heavy atom. The summed E-state index contributed by atoms with van der Waals surface area (Å²) in [6.45, 7) is -0.0652. The number of methoxy groups -OCH3 is 2. The number of hydrogen-bond donors (Lipinski definition) is 1. The summed E-state index contributed by atoms with van der Waals surface area (Å²) in [6.07, 6.45) is 1.64. The van der Waals surface area contributed by atoms with Crippen LogP contribution in [0.5, 0.6) is 11.5 Å². The summed E-state index contributed by atoms with van der Waals surface area (Å²) in [5.74, 6) is 1.14. The van der Waals surface area contributed by atoms with Crippen molar-refractivity contribution in [2.24, 2.45) is 0 Å². The molecule has 0 saturated carbocycles. The van der Waals surface area contributed by atoms with Gasteiger partial charge >= 0.3 is 0 Å². The van der Waals surface area contributed by atoms with Crippen LogP contribution >= 0.6 is 0 Å². The maximum absolute atomic E-state index is 13.1. The highest BCUT2D eigenvalue weighted by Crippen LogP contribution is 2.29. The number of nitrogens with one attached hydrogen (secondary N) is 1. The normalized spacial score (nSPS) is 11.0. The maximum atomic E-state index is 13.1. The zero-order valence-electron chi connectivity index (χ0n) is 18.6. The van der Waals surface area contributed by atoms with Crippen molar-refractivity contribution in [1.82, 2.24) is 18.9 Å². The molecule has 5 aromatic rings. The fourth-order valence-electron chi connectivity index (χ4n) is 3.90. The molecule has 0 atom stereocenters. The lowest BCUT2D eigenvalue weighted by Gasteiger charge is -2.12. The number of nitrogens with zero attached hydrogens (tertiary/aromatic N) is 4. The van der Waals surface area contributed by atoms with Crippen molar-refractivity contribution in [3.8, 4) is 22.9 Å². The van der Waals surface area contributed by atoms with Crippen LogP contribution in [0.15, 0.2) is 77.7 Å². The summed E-state index contributed by atoms with van der Waals surface area (Å²) in [5, 5.41) is 2.87. The predicted octanol–water partition coefficient (Wildman–Crippen LogP) is 3.37. The van der Waals surface area contributed by atoms with E-state index in [9.17, 15) is 9.59 Å². The lowest BCUT2D eigenvalue weighted by atomic mass is 10.2. The number of benzene rings is 2. The fraction of sp³-hybridized carbons (Fsp3) is 0.120. The molecule has 0 radical (unpaired) electrons. The van der Waals surface area contributed by atoms with Gasteiger partial charge in [0.15, 0.2) is 0 Å². The average molecular weight is 455 g/mol. The van der Waals surface area contributed by atoms with E-state index < -0.39 is 0 Å². The van der Waals surface area contributed by atoms with Crippen molar-refractivity contribution in [2.75, 3.05) is 19.5 Å². The van der Waals surface area contributed by atoms with Gasteiger partial charge < -0.3 is 19.4 Å². The number of ether oxygens (including phenoxy) is 2. The molecule has 1 N–H and O–H groups in total. The number of para-hydroxylation sites is 2. The van der Waals surface area contributed by atoms with E-state index in [1.807, 2.05) is 30.3 Å². The lowest BCUT2D eigenvalue weighted by molar-refractivity contribution is -0.116. The molecule has 0 aliphatic carbocycles. The fourth-order valence-corrected chi connectivity index (χ4v) is 3.90. The largest absolute Gasteiger partial charge is 0.497 e. The molecule has 170 valence electrons. The third kappa shape index (κ3) is 3.73. The van der Waals surface area contributed by atoms with Crippen LogP contribution in [-0.2, 0) is 11.3 Å². The van der Waals surface area contributed by atoms with E-state index in [0.29, 0.717) is 45.4 Å². The Bertz CT molecular complexity index is 1570. The Kier molecular flexibility index (Phi) is 5.43. The molecular weight excluding hydrogens is 434 g/mol. The second kappa shape index (κ2) is 8.70. The van der Waals surface area contributed by atoms with Crippen LogP contribution < -0.4 is 20.3 Å². The second-order valence-corrected chi connectivity index (χ2v) is 7.52. The molecule has 0 aliphatic rings. The highest BCUT2D eigenvalue weighted by Gasteiger charge is 2.18. The number of carbonyl (C=O) groups is 1. The average Bonchev–Trinajstić information content (AvgIpc) is 3.18. The number of fused-ring (bicyclic) bond motifs is 3. The van der Waals surface area contributed by atoms with Crippen molar-refractivity contribution in [3.05, 3.63) is 83.3 Å². The summed E-state index contributed by atoms with van der Waals surface area (Å²) in [4.78, 5) is 35.2. The van der Waals surface area contributed by atoms with Crippen LogP contribution in [0.3, 0.4) is 0 Å². The Morgan fingerprint density at radius 2 is 1.74 bits per heavy atom. The number of rotatable bonds is 6. The molecule has 9 heteroatoms. The van der Waals surface area contributed by atoms with Gasteiger partial charge in [-0.05, 0) is 36.4 Å². The first-order valence-corrected chi connectivity index (χ1v) is 10.5. The van der Waals surface area contributed by atoms with Crippen LogP contribution in [0.4, 0.5) is 5.69 Å². The van der Waals surface area contributed by atoms with Gasteiger partial charge in [-0.2, -0.15) is 0 Å². The molecule has 3 heterocycles. The van der Waals surface area contributed by atoms with Gasteiger partial charge in [-0.25, -0.2) is 9.38 Å². The van der Waals surface area contributed by atoms with Crippen LogP contribution in [-0.4, -0.2) is 39.1 Å². The number of imidazole rings is 1. The Morgan fingerprint density at radius 3 is 2.47 bits per heavy atom. The number of hydrogen-bond acceptors (Lipinski definition) is 6. The van der Waals surface area contributed by atoms with E-state index >= 15 is 0 Å². The van der Waals surface area contributed by atoms with E-state index in [4.69, 9.17) is 14.5 Å². The number of pyridine rings is 1. The predicted molar refractivity (Wildman–Crippen MR) is 128 cm³/mol. The Hall–Kier alpha value is -4.66. The Balaban J connectivity index is 1.59. The van der Waals surface area contributed by atoms with Gasteiger partial charge in [-0.15, -0.1) is 0 Å². The van der Waals surface area contributed by atoms with Crippen LogP contribution in [0.1, 0.15) is 0 Å². The minimum Gasteiger partial charge on any atom is -0.497 e. The SMILES string of the molecule is COc1ccc(NC(=O)Cn2c3ccccc3n3c(=O)cc(-c4ccccn4)nc23)c(OC)c1. The molecule has 2 aromatic carbocycles. The minimum absolute atomic E-state index is 0.0652. The van der Waals surface area contributed by atoms with Gasteiger partial charge in [0.1, 0.15) is 18.0 Å². The Labute approximate surface area is 194 Å². The second-order valence-electron chi connectivity index (χ2n) is 7.52. The standard InChI is InChI=1S/C25H21N5O4/c1-33-16-10-11-18(22(13-16)34-2)27-23(31)15-29-20-8-3-4-9-21(20)30-24(32)14-19(28-25(29)30)17-7-5-6-12-26-17/h3-14H,15H2,1-2H3,(H,27,31). The molecule has 0 saturated heterocycles. The highest BCUT2D eigenvalue weighted by molar-refractivity contribution is 5.94. The van der Waals surface area contributed by atoms with Gasteiger partial charge in [0.2, 0.25) is 11.7 Å². The van der Waals surface area contributed by atoms with Gasteiger partial charge in [0, 0.05) is 18.3 Å². The monoisotopic (exact) mass is 455 g/mol. The van der Waals surface area contributed by atoms with Crippen molar-refractivity contribution >= 4 is 28.4 Å². The van der Waals surface area contributed by atoms with E-state index in [1.54, 1.807) is 48.2 Å². The molecule has 0 fully saturated rings. The van der Waals surface area contributed by atoms with Crippen molar-refractivity contribution in [1.29, 1.82) is 0 Å². The minimum atomic E-state index is -0.302. The first kappa shape index (κ1) is 21.2. The lowest BCUT2D eigenvalue weighted by Crippen LogP contribution is -2.21. The smallest absolute Gasteiger partial charge is 0.260 e. The van der Waals surface area contributed by atoms with E-state index in [2.05, 4.69) is 10.3 Å². The van der Waals surface area contributed by atoms with Gasteiger partial charge in [-0.1, -0.05) is 18.2 Å². The van der Waals surface area contributed by atoms with E-state index in [1.165, 1.54) is 17.6 Å². The zero-order valence-corrected chi connectivity index (χ0v) is 18.6. The van der Waals surface area contributed by atoms with Crippen molar-refractivity contribution in [2.45, 2.75) is 6.54 Å². The van der Waals surface area contributed by atoms with E-state index in [-0.39, 0.29) is 18.0 Å². The number of anilines is 1. The topological polar surface area (TPSA) is 99.8 Å². The number of aromatic nitrogens is 4. The maximum Gasteiger partial charge on any atom is 0.260 e. The van der Waals surface area contributed by atoms with Crippen LogP contribution in [0.2, 0.25) is 0 Å². The van der Waals surface area contributed by atoms with Crippen LogP contribution in [0.25, 0.3) is 28.2 Å². The van der Waals surface area contributed by atoms with Crippen LogP contribution in [0, 0.1) is 0 Å². The summed E-state index contributed by atoms with van der Waals surface area (Å²) in [6, 6.07) is 19.4. The van der Waals surface area contributed by atoms with Crippen molar-refractivity contribution in [3.63, 3.8) is 0 Å². The molecule has 0 spiro atoms. The number of amides is 1. The molecule has 9 nitrogen and oxygen atoms in total. The molecular formula is C25H21N5O4. The summed E-state index contributed by atoms with van der Waals surface area (Å²) >= 11 is 0. The first-order valence-electron chi connectivity index (χ1n) is 10.5. The molecule has 0 unspecified atom stereocenters. The third-order valence-corrected chi connectivity index (χ3v) is 5.47. The molecule has 34 heavy (non-hydrogen) atoms. The molecule has 1 amide bonds. The molecule has 3 aromatic heterocycles. The molecule has 0 aliphatic heterocycles. The van der Waals surface area contributed by atoms with Crippen molar-refractivity contribution < 1.29 is 14.3 Å². The van der Waals surface area contributed by atoms with Gasteiger partial charge in [0.25, 0.3) is 5.56 Å². The molecule has 0 bridgehead atoms. The van der Waals surface area contributed by atoms with Gasteiger partial charge in [-0.3, -0.25) is 14.6 Å². The van der Waals surface area contributed by atoms with E-state index in [0.717, 1.165) is 0 Å². The van der Waals surface area contributed by atoms with Gasteiger partial charge in [0.05, 0.1) is 42.3 Å². The number of carbonyl (C=O) groups excluding carboxylic acids is 1. The summed E-state index contributed by atoms with van der Waals surface area (Å²) < 4.78 is 13.8. The zero-order chi connectivity index (χ0) is 23.7. The third-order valence-electron chi connectivity index (χ3n) is 5.47. The summed E-state index contributed by atoms with van der Waals surface area (Å²) in [5.41, 5.74) is 2.64. The molecule has 5 rings (SSSR count). The highest BCUT2D eigenvalue weighted by atomic mass is 16.5.